The zero-order valence-electron chi connectivity index (χ0n) is 19.5. The summed E-state index contributed by atoms with van der Waals surface area (Å²) >= 11 is 21.0. The first-order valence-electron chi connectivity index (χ1n) is 12.1. The van der Waals surface area contributed by atoms with Crippen LogP contribution in [-0.2, 0) is 19.1 Å². The molecule has 0 amide bonds. The van der Waals surface area contributed by atoms with Crippen molar-refractivity contribution in [3.05, 3.63) is 0 Å². The molecule has 0 aromatic heterocycles. The van der Waals surface area contributed by atoms with Crippen LogP contribution in [0.25, 0.3) is 0 Å². The second-order valence-electron chi connectivity index (χ2n) is 11.3. The number of alkyl halides is 3. The van der Waals surface area contributed by atoms with Crippen molar-refractivity contribution < 1.29 is 19.1 Å². The average molecular weight is 506 g/mol. The average Bonchev–Trinajstić information content (AvgIpc) is 2.96. The molecular formula is C25H35Cl3O4. The Labute approximate surface area is 206 Å². The maximum atomic E-state index is 13.4. The number of halogens is 3. The van der Waals surface area contributed by atoms with Crippen LogP contribution in [0.4, 0.5) is 0 Å². The molecule has 4 saturated carbocycles. The van der Waals surface area contributed by atoms with Gasteiger partial charge in [-0.3, -0.25) is 14.4 Å². The van der Waals surface area contributed by atoms with Crippen molar-refractivity contribution in [1.29, 1.82) is 0 Å². The second kappa shape index (κ2) is 8.12. The van der Waals surface area contributed by atoms with Crippen LogP contribution in [0.5, 0.6) is 0 Å². The van der Waals surface area contributed by atoms with E-state index in [2.05, 4.69) is 13.8 Å². The third kappa shape index (κ3) is 2.97. The first-order valence-corrected chi connectivity index (χ1v) is 13.4. The molecule has 0 saturated heterocycles. The summed E-state index contributed by atoms with van der Waals surface area (Å²) in [7, 11) is 0. The molecule has 0 aliphatic heterocycles. The minimum Gasteiger partial charge on any atom is -0.450 e. The van der Waals surface area contributed by atoms with Gasteiger partial charge in [0.1, 0.15) is 5.78 Å². The summed E-state index contributed by atoms with van der Waals surface area (Å²) in [6.45, 7) is 8.04. The largest absolute Gasteiger partial charge is 0.450 e. The quantitative estimate of drug-likeness (QED) is 0.351. The number of ketones is 2. The third-order valence-electron chi connectivity index (χ3n) is 10.2. The highest BCUT2D eigenvalue weighted by Gasteiger charge is 2.76. The van der Waals surface area contributed by atoms with E-state index >= 15 is 0 Å². The van der Waals surface area contributed by atoms with E-state index in [1.54, 1.807) is 6.92 Å². The lowest BCUT2D eigenvalue weighted by Gasteiger charge is -2.66. The minimum atomic E-state index is -1.28. The Kier molecular flexibility index (Phi) is 6.29. The maximum Gasteiger partial charge on any atom is 0.306 e. The van der Waals surface area contributed by atoms with Gasteiger partial charge >= 0.3 is 5.97 Å². The lowest BCUT2D eigenvalue weighted by atomic mass is 9.43. The number of hydrogen-bond acceptors (Lipinski definition) is 4. The van der Waals surface area contributed by atoms with Gasteiger partial charge in [0, 0.05) is 30.6 Å². The Morgan fingerprint density at radius 2 is 1.84 bits per heavy atom. The van der Waals surface area contributed by atoms with E-state index in [-0.39, 0.29) is 53.1 Å². The van der Waals surface area contributed by atoms with Crippen LogP contribution < -0.4 is 0 Å². The van der Waals surface area contributed by atoms with Crippen LogP contribution in [0.3, 0.4) is 0 Å². The molecule has 4 fully saturated rings. The van der Waals surface area contributed by atoms with Crippen LogP contribution in [-0.4, -0.2) is 39.3 Å². The predicted molar refractivity (Wildman–Crippen MR) is 126 cm³/mol. The summed E-state index contributed by atoms with van der Waals surface area (Å²) in [5.74, 6) is -0.222. The molecule has 32 heavy (non-hydrogen) atoms. The number of hydrogen-bond donors (Lipinski definition) is 0. The van der Waals surface area contributed by atoms with Crippen molar-refractivity contribution in [2.24, 2.45) is 34.5 Å². The first-order chi connectivity index (χ1) is 14.9. The standard InChI is InChI=1S/C25H35Cl3O4/c1-5-21(31)32-25(20(30)13-26)14(2)10-18-17-7-6-15-11-16(29)8-9-22(15,3)24(17,28)19(27)12-23(18,25)4/h14-15,17-19H,5-13H2,1-4H3/t14?,15?,17-,18-,19?,22-,23-,24-,25-/m0/s1. The van der Waals surface area contributed by atoms with Gasteiger partial charge in [0.05, 0.1) is 16.1 Å². The van der Waals surface area contributed by atoms with Crippen molar-refractivity contribution in [3.8, 4) is 0 Å². The Morgan fingerprint density at radius 3 is 2.47 bits per heavy atom. The number of ether oxygens (including phenoxy) is 1. The SMILES string of the molecule is CCC(=O)O[C@]1(C(=O)CCl)C(C)C[C@H]2[C@@H]3CCC4CC(=O)CC[C@]4(C)[C@@]3(Cl)C(Cl)C[C@@]21C. The lowest BCUT2D eigenvalue weighted by molar-refractivity contribution is -0.195. The molecule has 0 radical (unpaired) electrons. The third-order valence-corrected chi connectivity index (χ3v) is 12.0. The van der Waals surface area contributed by atoms with Crippen LogP contribution in [0.15, 0.2) is 0 Å². The topological polar surface area (TPSA) is 60.4 Å². The van der Waals surface area contributed by atoms with Crippen LogP contribution >= 0.6 is 34.8 Å². The summed E-state index contributed by atoms with van der Waals surface area (Å²) < 4.78 is 6.07. The van der Waals surface area contributed by atoms with Crippen molar-refractivity contribution in [2.75, 3.05) is 5.88 Å². The first kappa shape index (κ1) is 24.8. The van der Waals surface area contributed by atoms with Gasteiger partial charge in [0.15, 0.2) is 11.4 Å². The molecule has 4 aliphatic rings. The summed E-state index contributed by atoms with van der Waals surface area (Å²) in [6.07, 6.45) is 5.15. The van der Waals surface area contributed by atoms with Crippen molar-refractivity contribution in [2.45, 2.75) is 94.9 Å². The van der Waals surface area contributed by atoms with E-state index in [0.29, 0.717) is 25.0 Å². The molecule has 4 rings (SSSR count). The van der Waals surface area contributed by atoms with Gasteiger partial charge in [0.25, 0.3) is 0 Å². The van der Waals surface area contributed by atoms with Gasteiger partial charge < -0.3 is 4.74 Å². The van der Waals surface area contributed by atoms with Gasteiger partial charge in [-0.15, -0.1) is 34.8 Å². The van der Waals surface area contributed by atoms with E-state index in [1.165, 1.54) is 0 Å². The van der Waals surface area contributed by atoms with E-state index in [1.807, 2.05) is 6.92 Å². The molecule has 4 nitrogen and oxygen atoms in total. The van der Waals surface area contributed by atoms with Gasteiger partial charge in [-0.2, -0.15) is 0 Å². The smallest absolute Gasteiger partial charge is 0.306 e. The monoisotopic (exact) mass is 504 g/mol. The normalized spacial score (nSPS) is 50.2. The molecule has 7 heteroatoms. The maximum absolute atomic E-state index is 13.4. The Balaban J connectivity index is 1.81. The Hall–Kier alpha value is -0.320. The molecule has 0 bridgehead atoms. The molecule has 0 aromatic rings. The number of rotatable bonds is 4. The number of carbonyl (C=O) groups is 3. The van der Waals surface area contributed by atoms with Crippen molar-refractivity contribution >= 4 is 52.3 Å². The van der Waals surface area contributed by atoms with Crippen LogP contribution in [0.1, 0.15) is 79.1 Å². The summed E-state index contributed by atoms with van der Waals surface area (Å²) in [5, 5.41) is -0.399. The van der Waals surface area contributed by atoms with E-state index in [4.69, 9.17) is 39.5 Å². The highest BCUT2D eigenvalue weighted by Crippen LogP contribution is 2.73. The Bertz CT molecular complexity index is 832. The van der Waals surface area contributed by atoms with E-state index in [0.717, 1.165) is 25.7 Å². The molecule has 3 unspecified atom stereocenters. The molecule has 0 spiro atoms. The van der Waals surface area contributed by atoms with Gasteiger partial charge in [0.2, 0.25) is 0 Å². The number of carbonyl (C=O) groups excluding carboxylic acids is 3. The van der Waals surface area contributed by atoms with Crippen molar-refractivity contribution in [1.82, 2.24) is 0 Å². The van der Waals surface area contributed by atoms with Gasteiger partial charge in [-0.25, -0.2) is 0 Å². The van der Waals surface area contributed by atoms with Crippen LogP contribution in [0.2, 0.25) is 0 Å². The number of fused-ring (bicyclic) bond motifs is 5. The molecule has 0 aromatic carbocycles. The molecule has 0 heterocycles. The zero-order valence-corrected chi connectivity index (χ0v) is 21.8. The fourth-order valence-electron chi connectivity index (χ4n) is 8.52. The number of Topliss-reactive ketones (excluding diaryl/α,β-unsaturated/α-hetero) is 2. The van der Waals surface area contributed by atoms with Crippen molar-refractivity contribution in [3.63, 3.8) is 0 Å². The highest BCUT2D eigenvalue weighted by atomic mass is 35.5. The highest BCUT2D eigenvalue weighted by molar-refractivity contribution is 6.33. The predicted octanol–water partition coefficient (Wildman–Crippen LogP) is 5.92. The minimum absolute atomic E-state index is 0.0904. The van der Waals surface area contributed by atoms with Gasteiger partial charge in [-0.1, -0.05) is 27.7 Å². The second-order valence-corrected chi connectivity index (χ2v) is 12.7. The fraction of sp³-hybridized carbons (Fsp3) is 0.880. The molecule has 4 aliphatic carbocycles. The van der Waals surface area contributed by atoms with Crippen LogP contribution in [0, 0.1) is 34.5 Å². The van der Waals surface area contributed by atoms with Gasteiger partial charge in [-0.05, 0) is 55.3 Å². The molecule has 0 N–H and O–H groups in total. The zero-order chi connectivity index (χ0) is 23.7. The van der Waals surface area contributed by atoms with E-state index < -0.39 is 21.3 Å². The molecule has 180 valence electrons. The Morgan fingerprint density at radius 1 is 1.16 bits per heavy atom. The lowest BCUT2D eigenvalue weighted by Crippen LogP contribution is -2.70. The summed E-state index contributed by atoms with van der Waals surface area (Å²) in [6, 6.07) is 0. The fourth-order valence-corrected chi connectivity index (χ4v) is 10.0. The summed E-state index contributed by atoms with van der Waals surface area (Å²) in [5.41, 5.74) is -2.14. The number of esters is 1. The molecular weight excluding hydrogens is 471 g/mol. The summed E-state index contributed by atoms with van der Waals surface area (Å²) in [4.78, 5) is 37.5. The van der Waals surface area contributed by atoms with E-state index in [9.17, 15) is 14.4 Å². The molecule has 9 atom stereocenters.